The van der Waals surface area contributed by atoms with E-state index in [1.807, 2.05) is 31.2 Å². The summed E-state index contributed by atoms with van der Waals surface area (Å²) in [6, 6.07) is 7.85. The molecule has 0 fully saturated rings. The zero-order valence-corrected chi connectivity index (χ0v) is 14.4. The molecule has 8 heteroatoms. The standard InChI is InChI=1S/C16H19N5O2S/c1-3-24(18,23)16-19-14(17)12-8-13(22)21(15(12)20-16)9-11-6-4-10(2)5-7-11/h4-7,18H,3,8-9H2,1-2H3,(H2,17,19,20). The van der Waals surface area contributed by atoms with Crippen molar-refractivity contribution in [2.45, 2.75) is 32.0 Å². The normalized spacial score (nSPS) is 16.1. The number of carbonyl (C=O) groups is 1. The average Bonchev–Trinajstić information content (AvgIpc) is 2.86. The van der Waals surface area contributed by atoms with Gasteiger partial charge in [-0.2, -0.15) is 0 Å². The van der Waals surface area contributed by atoms with Crippen LogP contribution in [0.15, 0.2) is 29.4 Å². The summed E-state index contributed by atoms with van der Waals surface area (Å²) >= 11 is 0. The highest BCUT2D eigenvalue weighted by Crippen LogP contribution is 2.32. The highest BCUT2D eigenvalue weighted by molar-refractivity contribution is 7.92. The number of nitrogen functional groups attached to an aromatic ring is 1. The first-order chi connectivity index (χ1) is 11.3. The molecule has 1 aromatic heterocycles. The second kappa shape index (κ2) is 5.86. The SMILES string of the molecule is CCS(=N)(=O)c1nc(N)c2c(n1)N(Cc1ccc(C)cc1)C(=O)C2. The van der Waals surface area contributed by atoms with Crippen LogP contribution in [0.2, 0.25) is 0 Å². The van der Waals surface area contributed by atoms with Crippen molar-refractivity contribution >= 4 is 27.3 Å². The molecule has 0 aliphatic carbocycles. The molecule has 2 heterocycles. The van der Waals surface area contributed by atoms with Gasteiger partial charge in [0, 0.05) is 11.3 Å². The molecule has 1 aromatic carbocycles. The molecule has 2 aromatic rings. The van der Waals surface area contributed by atoms with Crippen molar-refractivity contribution < 1.29 is 9.00 Å². The molecule has 0 saturated carbocycles. The number of nitrogens with zero attached hydrogens (tertiary/aromatic N) is 3. The van der Waals surface area contributed by atoms with Gasteiger partial charge in [-0.25, -0.2) is 19.0 Å². The lowest BCUT2D eigenvalue weighted by Gasteiger charge is -2.17. The van der Waals surface area contributed by atoms with Gasteiger partial charge >= 0.3 is 0 Å². The quantitative estimate of drug-likeness (QED) is 0.822. The first-order valence-corrected chi connectivity index (χ1v) is 9.33. The third-order valence-electron chi connectivity index (χ3n) is 4.04. The number of hydrogen-bond acceptors (Lipinski definition) is 6. The van der Waals surface area contributed by atoms with Gasteiger partial charge in [-0.15, -0.1) is 0 Å². The van der Waals surface area contributed by atoms with E-state index in [-0.39, 0.29) is 29.1 Å². The van der Waals surface area contributed by atoms with Crippen LogP contribution in [0, 0.1) is 11.7 Å². The first-order valence-electron chi connectivity index (χ1n) is 7.60. The third kappa shape index (κ3) is 2.84. The lowest BCUT2D eigenvalue weighted by molar-refractivity contribution is -0.117. The van der Waals surface area contributed by atoms with E-state index in [0.717, 1.165) is 11.1 Å². The van der Waals surface area contributed by atoms with Crippen LogP contribution in [0.5, 0.6) is 0 Å². The molecule has 3 rings (SSSR count). The maximum atomic E-state index is 12.4. The number of amides is 1. The number of nitrogens with one attached hydrogen (secondary N) is 1. The fraction of sp³-hybridized carbons (Fsp3) is 0.312. The molecule has 7 nitrogen and oxygen atoms in total. The van der Waals surface area contributed by atoms with Crippen LogP contribution in [-0.4, -0.2) is 25.8 Å². The molecule has 3 N–H and O–H groups in total. The molecule has 24 heavy (non-hydrogen) atoms. The van der Waals surface area contributed by atoms with Crippen LogP contribution in [0.25, 0.3) is 0 Å². The Kier molecular flexibility index (Phi) is 4.00. The summed E-state index contributed by atoms with van der Waals surface area (Å²) in [5.41, 5.74) is 8.56. The number of fused-ring (bicyclic) bond motifs is 1. The van der Waals surface area contributed by atoms with Gasteiger partial charge in [0.25, 0.3) is 0 Å². The van der Waals surface area contributed by atoms with E-state index in [4.69, 9.17) is 10.5 Å². The molecule has 0 radical (unpaired) electrons. The third-order valence-corrected chi connectivity index (χ3v) is 5.63. The zero-order valence-electron chi connectivity index (χ0n) is 13.6. The number of nitrogens with two attached hydrogens (primary N) is 1. The van der Waals surface area contributed by atoms with Crippen molar-refractivity contribution in [3.8, 4) is 0 Å². The minimum Gasteiger partial charge on any atom is -0.383 e. The number of aromatic nitrogens is 2. The van der Waals surface area contributed by atoms with Gasteiger partial charge < -0.3 is 5.73 Å². The number of aryl methyl sites for hydroxylation is 1. The Morgan fingerprint density at radius 1 is 1.29 bits per heavy atom. The second-order valence-corrected chi connectivity index (χ2v) is 8.09. The van der Waals surface area contributed by atoms with E-state index in [1.54, 1.807) is 6.92 Å². The molecular formula is C16H19N5O2S. The van der Waals surface area contributed by atoms with Crippen LogP contribution in [0.4, 0.5) is 11.6 Å². The maximum absolute atomic E-state index is 12.4. The van der Waals surface area contributed by atoms with Gasteiger partial charge in [0.15, 0.2) is 0 Å². The predicted octanol–water partition coefficient (Wildman–Crippen LogP) is 1.88. The summed E-state index contributed by atoms with van der Waals surface area (Å²) in [6.45, 7) is 3.99. The fourth-order valence-corrected chi connectivity index (χ4v) is 3.28. The average molecular weight is 345 g/mol. The van der Waals surface area contributed by atoms with Crippen molar-refractivity contribution in [2.24, 2.45) is 0 Å². The largest absolute Gasteiger partial charge is 0.383 e. The Morgan fingerprint density at radius 3 is 2.58 bits per heavy atom. The van der Waals surface area contributed by atoms with Crippen LogP contribution in [0.1, 0.15) is 23.6 Å². The van der Waals surface area contributed by atoms with Gasteiger partial charge in [0.2, 0.25) is 11.1 Å². The first kappa shape index (κ1) is 16.4. The summed E-state index contributed by atoms with van der Waals surface area (Å²) in [5, 5.41) is -0.107. The van der Waals surface area contributed by atoms with Crippen LogP contribution in [-0.2, 0) is 27.5 Å². The fourth-order valence-electron chi connectivity index (χ4n) is 2.54. The molecule has 1 aliphatic heterocycles. The van der Waals surface area contributed by atoms with Gasteiger partial charge in [0.05, 0.1) is 13.0 Å². The number of rotatable bonds is 4. The molecule has 0 bridgehead atoms. The summed E-state index contributed by atoms with van der Waals surface area (Å²) in [5.74, 6) is 0.466. The number of benzene rings is 1. The van der Waals surface area contributed by atoms with Gasteiger partial charge in [-0.05, 0) is 12.5 Å². The topological polar surface area (TPSA) is 113 Å². The number of anilines is 2. The molecule has 0 saturated heterocycles. The van der Waals surface area contributed by atoms with E-state index in [1.165, 1.54) is 4.90 Å². The molecular weight excluding hydrogens is 326 g/mol. The second-order valence-electron chi connectivity index (χ2n) is 5.80. The van der Waals surface area contributed by atoms with Crippen LogP contribution >= 0.6 is 0 Å². The molecule has 1 aliphatic rings. The molecule has 0 spiro atoms. The molecule has 126 valence electrons. The lowest BCUT2D eigenvalue weighted by atomic mass is 10.1. The summed E-state index contributed by atoms with van der Waals surface area (Å²) in [4.78, 5) is 22.1. The lowest BCUT2D eigenvalue weighted by Crippen LogP contribution is -2.27. The predicted molar refractivity (Wildman–Crippen MR) is 92.2 cm³/mol. The summed E-state index contributed by atoms with van der Waals surface area (Å²) in [7, 11) is -3.10. The smallest absolute Gasteiger partial charge is 0.233 e. The van der Waals surface area contributed by atoms with E-state index in [2.05, 4.69) is 9.97 Å². The Labute approximate surface area is 140 Å². The number of hydrogen-bond donors (Lipinski definition) is 2. The highest BCUT2D eigenvalue weighted by atomic mass is 32.2. The van der Waals surface area contributed by atoms with Gasteiger partial charge in [0.1, 0.15) is 21.4 Å². The van der Waals surface area contributed by atoms with Crippen molar-refractivity contribution in [2.75, 3.05) is 16.4 Å². The van der Waals surface area contributed by atoms with E-state index in [9.17, 15) is 9.00 Å². The molecule has 1 amide bonds. The Hall–Kier alpha value is -2.48. The van der Waals surface area contributed by atoms with Crippen molar-refractivity contribution in [1.29, 1.82) is 4.78 Å². The van der Waals surface area contributed by atoms with E-state index in [0.29, 0.717) is 17.9 Å². The van der Waals surface area contributed by atoms with E-state index < -0.39 is 9.73 Å². The van der Waals surface area contributed by atoms with Crippen LogP contribution in [0.3, 0.4) is 0 Å². The zero-order chi connectivity index (χ0) is 17.5. The number of carbonyl (C=O) groups excluding carboxylic acids is 1. The Morgan fingerprint density at radius 2 is 1.96 bits per heavy atom. The van der Waals surface area contributed by atoms with Gasteiger partial charge in [-0.3, -0.25) is 9.69 Å². The maximum Gasteiger partial charge on any atom is 0.233 e. The molecule has 1 unspecified atom stereocenters. The summed E-state index contributed by atoms with van der Waals surface area (Å²) < 4.78 is 20.2. The van der Waals surface area contributed by atoms with Crippen molar-refractivity contribution in [3.05, 3.63) is 41.0 Å². The minimum absolute atomic E-state index is 0.0944. The summed E-state index contributed by atoms with van der Waals surface area (Å²) in [6.07, 6.45) is 0.124. The van der Waals surface area contributed by atoms with Gasteiger partial charge in [-0.1, -0.05) is 36.8 Å². The molecule has 1 atom stereocenters. The highest BCUT2D eigenvalue weighted by Gasteiger charge is 2.33. The van der Waals surface area contributed by atoms with Crippen molar-refractivity contribution in [1.82, 2.24) is 9.97 Å². The van der Waals surface area contributed by atoms with Crippen LogP contribution < -0.4 is 10.6 Å². The van der Waals surface area contributed by atoms with E-state index >= 15 is 0 Å². The Balaban J connectivity index is 2.03. The Bertz CT molecular complexity index is 907. The minimum atomic E-state index is -3.10. The van der Waals surface area contributed by atoms with Crippen molar-refractivity contribution in [3.63, 3.8) is 0 Å². The monoisotopic (exact) mass is 345 g/mol.